The SMILES string of the molecule is Cc1nc2c(n1CC1CC1)CN(C(=O)C1CC1)CC21CCN(c2ncccn2)CC1.O=C(O)C(F)(F)F. The normalized spacial score (nSPS) is 20.8. The number of hydrogen-bond donors (Lipinski definition) is 1. The Morgan fingerprint density at radius 3 is 2.27 bits per heavy atom. The Balaban J connectivity index is 0.000000355. The number of carbonyl (C=O) groups is 2. The van der Waals surface area contributed by atoms with E-state index in [9.17, 15) is 18.0 Å². The zero-order valence-electron chi connectivity index (χ0n) is 20.7. The molecule has 2 aliphatic carbocycles. The number of halogens is 3. The minimum Gasteiger partial charge on any atom is -0.475 e. The number of carboxylic acid groups (broad SMARTS) is 1. The second kappa shape index (κ2) is 9.60. The summed E-state index contributed by atoms with van der Waals surface area (Å²) in [5.41, 5.74) is 2.54. The largest absolute Gasteiger partial charge is 0.490 e. The van der Waals surface area contributed by atoms with E-state index in [0.29, 0.717) is 5.91 Å². The first-order chi connectivity index (χ1) is 17.6. The van der Waals surface area contributed by atoms with Crippen LogP contribution >= 0.6 is 0 Å². The van der Waals surface area contributed by atoms with E-state index < -0.39 is 12.1 Å². The molecule has 0 bridgehead atoms. The van der Waals surface area contributed by atoms with Crippen LogP contribution in [-0.4, -0.2) is 67.2 Å². The summed E-state index contributed by atoms with van der Waals surface area (Å²) in [7, 11) is 0. The average Bonchev–Trinajstić information content (AvgIpc) is 3.79. The Bertz CT molecular complexity index is 1150. The average molecular weight is 521 g/mol. The molecule has 4 aliphatic rings. The van der Waals surface area contributed by atoms with Crippen molar-refractivity contribution in [1.82, 2.24) is 24.4 Å². The standard InChI is InChI=1S/C23H30N6O.C2HF3O2/c1-16-26-20-19(29(16)13-17-3-4-17)14-28(21(30)18-5-6-18)15-23(20)7-11-27(12-8-23)22-24-9-2-10-25-22;3-2(4,5)1(6)7/h2,9-10,17-18H,3-8,11-15H2,1H3;(H,6,7). The van der Waals surface area contributed by atoms with Gasteiger partial charge in [-0.2, -0.15) is 13.2 Å². The van der Waals surface area contributed by atoms with E-state index in [4.69, 9.17) is 14.9 Å². The van der Waals surface area contributed by atoms with E-state index >= 15 is 0 Å². The second-order valence-corrected chi connectivity index (χ2v) is 10.6. The molecule has 1 N–H and O–H groups in total. The third-order valence-electron chi connectivity index (χ3n) is 7.77. The molecule has 9 nitrogen and oxygen atoms in total. The van der Waals surface area contributed by atoms with Crippen LogP contribution in [0, 0.1) is 18.8 Å². The van der Waals surface area contributed by atoms with Gasteiger partial charge in [0.05, 0.1) is 17.9 Å². The molecule has 1 saturated heterocycles. The van der Waals surface area contributed by atoms with Gasteiger partial charge in [0.2, 0.25) is 11.9 Å². The lowest BCUT2D eigenvalue weighted by Gasteiger charge is -2.47. The molecule has 0 atom stereocenters. The molecule has 37 heavy (non-hydrogen) atoms. The smallest absolute Gasteiger partial charge is 0.475 e. The van der Waals surface area contributed by atoms with Crippen LogP contribution in [-0.2, 0) is 28.1 Å². The van der Waals surface area contributed by atoms with Gasteiger partial charge in [-0.05, 0) is 57.4 Å². The van der Waals surface area contributed by atoms with Crippen molar-refractivity contribution in [2.24, 2.45) is 11.8 Å². The molecule has 0 aromatic carbocycles. The van der Waals surface area contributed by atoms with Crippen molar-refractivity contribution >= 4 is 17.8 Å². The molecule has 12 heteroatoms. The number of piperidine rings is 1. The van der Waals surface area contributed by atoms with Crippen molar-refractivity contribution in [2.45, 2.75) is 70.1 Å². The Hall–Kier alpha value is -3.18. The summed E-state index contributed by atoms with van der Waals surface area (Å²) in [6.45, 7) is 6.59. The number of aromatic nitrogens is 4. The van der Waals surface area contributed by atoms with Crippen LogP contribution in [0.3, 0.4) is 0 Å². The minimum absolute atomic E-state index is 0.0387. The number of aliphatic carboxylic acids is 1. The van der Waals surface area contributed by atoms with Crippen molar-refractivity contribution in [3.05, 3.63) is 35.7 Å². The van der Waals surface area contributed by atoms with Crippen molar-refractivity contribution in [3.63, 3.8) is 0 Å². The zero-order valence-corrected chi connectivity index (χ0v) is 20.7. The van der Waals surface area contributed by atoms with Gasteiger partial charge in [0.15, 0.2) is 0 Å². The third kappa shape index (κ3) is 5.42. The third-order valence-corrected chi connectivity index (χ3v) is 7.77. The quantitative estimate of drug-likeness (QED) is 0.660. The number of aryl methyl sites for hydroxylation is 1. The first kappa shape index (κ1) is 25.5. The molecule has 200 valence electrons. The highest BCUT2D eigenvalue weighted by molar-refractivity contribution is 5.81. The van der Waals surface area contributed by atoms with Gasteiger partial charge in [-0.15, -0.1) is 0 Å². The van der Waals surface area contributed by atoms with E-state index in [2.05, 4.69) is 31.3 Å². The van der Waals surface area contributed by atoms with Gasteiger partial charge in [-0.25, -0.2) is 19.7 Å². The van der Waals surface area contributed by atoms with Gasteiger partial charge in [-0.1, -0.05) is 0 Å². The number of carbonyl (C=O) groups excluding carboxylic acids is 1. The van der Waals surface area contributed by atoms with Crippen molar-refractivity contribution in [1.29, 1.82) is 0 Å². The molecular formula is C25H31F3N6O3. The summed E-state index contributed by atoms with van der Waals surface area (Å²) in [4.78, 5) is 40.5. The van der Waals surface area contributed by atoms with Gasteiger partial charge in [0.25, 0.3) is 0 Å². The highest BCUT2D eigenvalue weighted by Crippen LogP contribution is 2.44. The molecule has 0 radical (unpaired) electrons. The lowest BCUT2D eigenvalue weighted by atomic mass is 9.72. The minimum atomic E-state index is -5.08. The predicted molar refractivity (Wildman–Crippen MR) is 127 cm³/mol. The molecule has 6 rings (SSSR count). The number of imidazole rings is 1. The van der Waals surface area contributed by atoms with Crippen molar-refractivity contribution in [3.8, 4) is 0 Å². The molecule has 1 amide bonds. The number of alkyl halides is 3. The maximum Gasteiger partial charge on any atom is 0.490 e. The summed E-state index contributed by atoms with van der Waals surface area (Å²) in [5.74, 6) is 0.607. The first-order valence-electron chi connectivity index (χ1n) is 12.7. The van der Waals surface area contributed by atoms with Crippen molar-refractivity contribution in [2.75, 3.05) is 24.5 Å². The Morgan fingerprint density at radius 2 is 1.73 bits per heavy atom. The molecular weight excluding hydrogens is 489 g/mol. The first-order valence-corrected chi connectivity index (χ1v) is 12.7. The number of fused-ring (bicyclic) bond motifs is 2. The summed E-state index contributed by atoms with van der Waals surface area (Å²) >= 11 is 0. The van der Waals surface area contributed by atoms with Crippen LogP contribution in [0.2, 0.25) is 0 Å². The Morgan fingerprint density at radius 1 is 1.11 bits per heavy atom. The number of amides is 1. The van der Waals surface area contributed by atoms with Gasteiger partial charge in [0, 0.05) is 49.9 Å². The van der Waals surface area contributed by atoms with E-state index in [1.54, 1.807) is 0 Å². The molecule has 4 heterocycles. The lowest BCUT2D eigenvalue weighted by Crippen LogP contribution is -2.54. The van der Waals surface area contributed by atoms with E-state index in [0.717, 1.165) is 76.1 Å². The fraction of sp³-hybridized carbons (Fsp3) is 0.640. The molecule has 3 fully saturated rings. The number of hydrogen-bond acceptors (Lipinski definition) is 6. The summed E-state index contributed by atoms with van der Waals surface area (Å²) in [5, 5.41) is 7.12. The maximum absolute atomic E-state index is 13.1. The van der Waals surface area contributed by atoms with Crippen LogP contribution in [0.4, 0.5) is 19.1 Å². The fourth-order valence-electron chi connectivity index (χ4n) is 5.40. The number of anilines is 1. The summed E-state index contributed by atoms with van der Waals surface area (Å²) < 4.78 is 34.2. The summed E-state index contributed by atoms with van der Waals surface area (Å²) in [6, 6.07) is 1.86. The molecule has 0 unspecified atom stereocenters. The number of nitrogens with zero attached hydrogens (tertiary/aromatic N) is 6. The van der Waals surface area contributed by atoms with Crippen LogP contribution < -0.4 is 4.90 Å². The van der Waals surface area contributed by atoms with Crippen LogP contribution in [0.15, 0.2) is 18.5 Å². The van der Waals surface area contributed by atoms with Crippen molar-refractivity contribution < 1.29 is 27.9 Å². The molecule has 1 spiro atoms. The lowest BCUT2D eigenvalue weighted by molar-refractivity contribution is -0.192. The van der Waals surface area contributed by atoms with Crippen LogP contribution in [0.25, 0.3) is 0 Å². The van der Waals surface area contributed by atoms with Gasteiger partial charge >= 0.3 is 12.1 Å². The van der Waals surface area contributed by atoms with Gasteiger partial charge in [-0.3, -0.25) is 4.79 Å². The van der Waals surface area contributed by atoms with Gasteiger partial charge in [0.1, 0.15) is 5.82 Å². The molecule has 2 saturated carbocycles. The Labute approximate surface area is 212 Å². The molecule has 2 aromatic rings. The molecule has 2 aromatic heterocycles. The fourth-order valence-corrected chi connectivity index (χ4v) is 5.40. The molecule has 2 aliphatic heterocycles. The maximum atomic E-state index is 13.1. The topological polar surface area (TPSA) is 104 Å². The highest BCUT2D eigenvalue weighted by atomic mass is 19.4. The number of carboxylic acids is 1. The van der Waals surface area contributed by atoms with Crippen LogP contribution in [0.1, 0.15) is 55.7 Å². The highest BCUT2D eigenvalue weighted by Gasteiger charge is 2.48. The summed E-state index contributed by atoms with van der Waals surface area (Å²) in [6.07, 6.45) is 5.31. The van der Waals surface area contributed by atoms with Crippen LogP contribution in [0.5, 0.6) is 0 Å². The number of rotatable bonds is 4. The predicted octanol–water partition coefficient (Wildman–Crippen LogP) is 3.32. The monoisotopic (exact) mass is 520 g/mol. The van der Waals surface area contributed by atoms with E-state index in [-0.39, 0.29) is 11.3 Å². The van der Waals surface area contributed by atoms with E-state index in [1.165, 1.54) is 24.2 Å². The Kier molecular flexibility index (Phi) is 6.61. The van der Waals surface area contributed by atoms with Gasteiger partial charge < -0.3 is 19.5 Å². The second-order valence-electron chi connectivity index (χ2n) is 10.6. The van der Waals surface area contributed by atoms with E-state index in [1.807, 2.05) is 18.5 Å². The zero-order chi connectivity index (χ0) is 26.4.